The highest BCUT2D eigenvalue weighted by molar-refractivity contribution is 5.92. The van der Waals surface area contributed by atoms with E-state index in [9.17, 15) is 22.0 Å². The Morgan fingerprint density at radius 1 is 1.12 bits per heavy atom. The lowest BCUT2D eigenvalue weighted by molar-refractivity contribution is -0.141. The molecule has 0 saturated heterocycles. The summed E-state index contributed by atoms with van der Waals surface area (Å²) in [6, 6.07) is 2.07. The van der Waals surface area contributed by atoms with E-state index in [0.29, 0.717) is 11.5 Å². The first-order valence-corrected chi connectivity index (χ1v) is 7.03. The average Bonchev–Trinajstić information content (AvgIpc) is 3.08. The van der Waals surface area contributed by atoms with Crippen molar-refractivity contribution in [2.24, 2.45) is 0 Å². The second-order valence-corrected chi connectivity index (χ2v) is 5.36. The number of halogens is 5. The molecule has 25 heavy (non-hydrogen) atoms. The predicted molar refractivity (Wildman–Crippen MR) is 77.7 cm³/mol. The van der Waals surface area contributed by atoms with E-state index in [1.807, 2.05) is 0 Å². The molecule has 0 bridgehead atoms. The second kappa shape index (κ2) is 5.23. The third-order valence-corrected chi connectivity index (χ3v) is 3.65. The van der Waals surface area contributed by atoms with Gasteiger partial charge in [0.15, 0.2) is 11.5 Å². The predicted octanol–water partition coefficient (Wildman–Crippen LogP) is 3.59. The smallest absolute Gasteiger partial charge is 0.293 e. The van der Waals surface area contributed by atoms with Crippen LogP contribution in [-0.2, 0) is 6.54 Å². The maximum absolute atomic E-state index is 13.8. The summed E-state index contributed by atoms with van der Waals surface area (Å²) in [7, 11) is 0. The van der Waals surface area contributed by atoms with Crippen molar-refractivity contribution in [2.75, 3.05) is 0 Å². The zero-order valence-corrected chi connectivity index (χ0v) is 12.3. The van der Waals surface area contributed by atoms with Crippen LogP contribution in [0.2, 0.25) is 0 Å². The van der Waals surface area contributed by atoms with Gasteiger partial charge in [-0.05, 0) is 6.07 Å². The van der Waals surface area contributed by atoms with Crippen LogP contribution in [0.5, 0.6) is 0 Å². The Labute approximate surface area is 136 Å². The van der Waals surface area contributed by atoms with Gasteiger partial charge in [0.1, 0.15) is 18.1 Å². The van der Waals surface area contributed by atoms with Crippen molar-refractivity contribution < 1.29 is 22.0 Å². The maximum Gasteiger partial charge on any atom is 0.408 e. The van der Waals surface area contributed by atoms with Crippen LogP contribution in [0.25, 0.3) is 27.9 Å². The van der Waals surface area contributed by atoms with Crippen molar-refractivity contribution in [1.29, 1.82) is 0 Å². The van der Waals surface area contributed by atoms with Gasteiger partial charge in [-0.25, -0.2) is 13.8 Å². The highest BCUT2D eigenvalue weighted by Gasteiger charge is 2.30. The Hall–Kier alpha value is -3.04. The summed E-state index contributed by atoms with van der Waals surface area (Å²) in [5, 5.41) is 4.30. The summed E-state index contributed by atoms with van der Waals surface area (Å²) in [4.78, 5) is 7.75. The molecule has 4 heterocycles. The van der Waals surface area contributed by atoms with E-state index in [-0.39, 0.29) is 22.6 Å². The van der Waals surface area contributed by atoms with Gasteiger partial charge >= 0.3 is 6.18 Å². The lowest BCUT2D eigenvalue weighted by Gasteiger charge is -2.06. The molecule has 0 aliphatic rings. The molecule has 0 saturated carbocycles. The molecule has 5 nitrogen and oxygen atoms in total. The first-order chi connectivity index (χ1) is 11.8. The number of hydrogen-bond acceptors (Lipinski definition) is 3. The molecule has 0 atom stereocenters. The minimum absolute atomic E-state index is 0.102. The molecule has 4 aromatic rings. The molecule has 0 aliphatic heterocycles. The van der Waals surface area contributed by atoms with Gasteiger partial charge in [-0.2, -0.15) is 18.3 Å². The molecule has 0 aliphatic carbocycles. The van der Waals surface area contributed by atoms with Crippen LogP contribution in [0.3, 0.4) is 0 Å². The van der Waals surface area contributed by atoms with E-state index in [1.165, 1.54) is 24.7 Å². The van der Waals surface area contributed by atoms with Crippen molar-refractivity contribution in [3.8, 4) is 11.4 Å². The van der Waals surface area contributed by atoms with Crippen LogP contribution in [0, 0.1) is 11.6 Å². The Kier molecular flexibility index (Phi) is 3.24. The first-order valence-electron chi connectivity index (χ1n) is 7.03. The van der Waals surface area contributed by atoms with Crippen LogP contribution in [0.15, 0.2) is 36.9 Å². The van der Waals surface area contributed by atoms with Crippen molar-refractivity contribution in [1.82, 2.24) is 24.1 Å². The van der Waals surface area contributed by atoms with E-state index in [0.717, 1.165) is 15.3 Å². The molecule has 0 N–H and O–H groups in total. The van der Waals surface area contributed by atoms with Crippen LogP contribution in [0.1, 0.15) is 0 Å². The molecule has 10 heteroatoms. The fourth-order valence-electron chi connectivity index (χ4n) is 2.69. The summed E-state index contributed by atoms with van der Waals surface area (Å²) >= 11 is 0. The highest BCUT2D eigenvalue weighted by atomic mass is 19.4. The minimum Gasteiger partial charge on any atom is -0.293 e. The SMILES string of the molecule is Fc1cc(F)c2ncc(-c3nn(CC(F)(F)F)c4ccncc34)n2c1. The monoisotopic (exact) mass is 353 g/mol. The zero-order chi connectivity index (χ0) is 17.8. The minimum atomic E-state index is -4.48. The summed E-state index contributed by atoms with van der Waals surface area (Å²) in [5.41, 5.74) is 0.310. The molecule has 128 valence electrons. The van der Waals surface area contributed by atoms with Crippen LogP contribution >= 0.6 is 0 Å². The maximum atomic E-state index is 13.8. The molecule has 4 rings (SSSR count). The van der Waals surface area contributed by atoms with Gasteiger partial charge in [-0.15, -0.1) is 0 Å². The van der Waals surface area contributed by atoms with E-state index >= 15 is 0 Å². The fraction of sp³-hybridized carbons (Fsp3) is 0.133. The quantitative estimate of drug-likeness (QED) is 0.518. The average molecular weight is 353 g/mol. The number of aromatic nitrogens is 5. The van der Waals surface area contributed by atoms with Crippen LogP contribution in [-0.4, -0.2) is 30.3 Å². The second-order valence-electron chi connectivity index (χ2n) is 5.36. The number of nitrogens with zero attached hydrogens (tertiary/aromatic N) is 5. The van der Waals surface area contributed by atoms with Crippen LogP contribution < -0.4 is 0 Å². The van der Waals surface area contributed by atoms with E-state index in [4.69, 9.17) is 0 Å². The molecule has 0 aromatic carbocycles. The topological polar surface area (TPSA) is 48.0 Å². The third kappa shape index (κ3) is 2.59. The Morgan fingerprint density at radius 2 is 1.92 bits per heavy atom. The summed E-state index contributed by atoms with van der Waals surface area (Å²) < 4.78 is 67.6. The van der Waals surface area contributed by atoms with Crippen LogP contribution in [0.4, 0.5) is 22.0 Å². The summed E-state index contributed by atoms with van der Waals surface area (Å²) in [5.74, 6) is -1.73. The lowest BCUT2D eigenvalue weighted by Crippen LogP contribution is -2.18. The number of pyridine rings is 2. The number of imidazole rings is 1. The summed E-state index contributed by atoms with van der Waals surface area (Å²) in [6.07, 6.45) is 0.432. The van der Waals surface area contributed by atoms with E-state index < -0.39 is 24.4 Å². The van der Waals surface area contributed by atoms with Gasteiger partial charge in [-0.1, -0.05) is 0 Å². The molecule has 4 aromatic heterocycles. The van der Waals surface area contributed by atoms with Gasteiger partial charge in [0.25, 0.3) is 0 Å². The molecular weight excluding hydrogens is 345 g/mol. The Bertz CT molecular complexity index is 1100. The Balaban J connectivity index is 1.99. The Morgan fingerprint density at radius 3 is 2.68 bits per heavy atom. The largest absolute Gasteiger partial charge is 0.408 e. The lowest BCUT2D eigenvalue weighted by atomic mass is 10.2. The number of fused-ring (bicyclic) bond motifs is 2. The first kappa shape index (κ1) is 15.5. The number of rotatable bonds is 2. The van der Waals surface area contributed by atoms with Crippen molar-refractivity contribution in [3.63, 3.8) is 0 Å². The highest BCUT2D eigenvalue weighted by Crippen LogP contribution is 2.30. The normalized spacial score (nSPS) is 12.4. The number of alkyl halides is 3. The van der Waals surface area contributed by atoms with Gasteiger partial charge < -0.3 is 0 Å². The molecule has 0 radical (unpaired) electrons. The summed E-state index contributed by atoms with van der Waals surface area (Å²) in [6.45, 7) is -1.30. The molecular formula is C15H8F5N5. The van der Waals surface area contributed by atoms with Gasteiger partial charge in [0.05, 0.1) is 17.4 Å². The van der Waals surface area contributed by atoms with Gasteiger partial charge in [0.2, 0.25) is 0 Å². The standard InChI is InChI=1S/C15H8F5N5/c16-8-3-10(17)14-22-5-12(24(14)6-8)13-9-4-21-2-1-11(9)25(23-13)7-15(18,19)20/h1-6H,7H2. The third-order valence-electron chi connectivity index (χ3n) is 3.65. The molecule has 0 spiro atoms. The van der Waals surface area contributed by atoms with Crippen molar-refractivity contribution in [3.05, 3.63) is 48.6 Å². The number of hydrogen-bond donors (Lipinski definition) is 0. The van der Waals surface area contributed by atoms with Crippen molar-refractivity contribution >= 4 is 16.6 Å². The fourth-order valence-corrected chi connectivity index (χ4v) is 2.69. The molecule has 0 unspecified atom stereocenters. The van der Waals surface area contributed by atoms with Gasteiger partial charge in [-0.3, -0.25) is 14.1 Å². The van der Waals surface area contributed by atoms with Crippen molar-refractivity contribution in [2.45, 2.75) is 12.7 Å². The van der Waals surface area contributed by atoms with E-state index in [2.05, 4.69) is 15.1 Å². The molecule has 0 amide bonds. The van der Waals surface area contributed by atoms with E-state index in [1.54, 1.807) is 0 Å². The molecule has 0 fully saturated rings. The zero-order valence-electron chi connectivity index (χ0n) is 12.3. The van der Waals surface area contributed by atoms with Gasteiger partial charge in [0, 0.05) is 30.0 Å².